The number of hydrogen-bond donors (Lipinski definition) is 3. The third-order valence-electron chi connectivity index (χ3n) is 2.88. The van der Waals surface area contributed by atoms with Crippen LogP contribution in [-0.4, -0.2) is 29.6 Å². The molecule has 5 nitrogen and oxygen atoms in total. The van der Waals surface area contributed by atoms with Gasteiger partial charge in [-0.25, -0.2) is 0 Å². The summed E-state index contributed by atoms with van der Waals surface area (Å²) >= 11 is 0. The molecule has 0 aliphatic rings. The first-order chi connectivity index (χ1) is 8.81. The fraction of sp³-hybridized carbons (Fsp3) is 0.429. The average Bonchev–Trinajstić information content (AvgIpc) is 2.30. The molecule has 0 aliphatic heterocycles. The molecule has 0 saturated heterocycles. The number of carboxylic acid groups (broad SMARTS) is 1. The zero-order valence-corrected chi connectivity index (χ0v) is 11.7. The maximum atomic E-state index is 11.8. The number of amides is 1. The first-order valence-electron chi connectivity index (χ1n) is 6.15. The lowest BCUT2D eigenvalue weighted by Crippen LogP contribution is -2.39. The number of aliphatic carboxylic acids is 1. The molecule has 1 amide bonds. The van der Waals surface area contributed by atoms with Gasteiger partial charge in [-0.2, -0.15) is 0 Å². The van der Waals surface area contributed by atoms with E-state index in [2.05, 4.69) is 10.6 Å². The second-order valence-corrected chi connectivity index (χ2v) is 4.76. The van der Waals surface area contributed by atoms with Crippen molar-refractivity contribution < 1.29 is 14.7 Å². The monoisotopic (exact) mass is 264 g/mol. The van der Waals surface area contributed by atoms with Gasteiger partial charge in [-0.15, -0.1) is 0 Å². The number of carbonyl (C=O) groups is 2. The van der Waals surface area contributed by atoms with E-state index in [-0.39, 0.29) is 12.5 Å². The molecule has 1 unspecified atom stereocenters. The standard InChI is InChI=1S/C14H20N2O3/c1-8-5-9(2)13(10(3)6-8)16-12(17)7-15-11(4)14(18)19/h5-6,11,15H,7H2,1-4H3,(H,16,17)(H,18,19). The quantitative estimate of drug-likeness (QED) is 0.755. The van der Waals surface area contributed by atoms with Crippen molar-refractivity contribution in [3.8, 4) is 0 Å². The molecule has 5 heteroatoms. The van der Waals surface area contributed by atoms with Gasteiger partial charge in [0.05, 0.1) is 6.54 Å². The van der Waals surface area contributed by atoms with Gasteiger partial charge in [-0.3, -0.25) is 14.9 Å². The summed E-state index contributed by atoms with van der Waals surface area (Å²) in [5.74, 6) is -1.22. The van der Waals surface area contributed by atoms with E-state index in [1.54, 1.807) is 0 Å². The zero-order chi connectivity index (χ0) is 14.6. The Balaban J connectivity index is 2.65. The summed E-state index contributed by atoms with van der Waals surface area (Å²) in [6.45, 7) is 7.34. The summed E-state index contributed by atoms with van der Waals surface area (Å²) in [6, 6.07) is 3.25. The Labute approximate surface area is 113 Å². The molecule has 0 aromatic heterocycles. The molecule has 19 heavy (non-hydrogen) atoms. The fourth-order valence-electron chi connectivity index (χ4n) is 1.89. The largest absolute Gasteiger partial charge is 0.480 e. The molecule has 0 heterocycles. The molecule has 0 saturated carbocycles. The Morgan fingerprint density at radius 1 is 1.21 bits per heavy atom. The lowest BCUT2D eigenvalue weighted by molar-refractivity contribution is -0.139. The van der Waals surface area contributed by atoms with E-state index in [1.165, 1.54) is 6.92 Å². The summed E-state index contributed by atoms with van der Waals surface area (Å²) in [7, 11) is 0. The smallest absolute Gasteiger partial charge is 0.320 e. The van der Waals surface area contributed by atoms with Crippen molar-refractivity contribution in [3.63, 3.8) is 0 Å². The summed E-state index contributed by atoms with van der Waals surface area (Å²) < 4.78 is 0. The Hall–Kier alpha value is -1.88. The molecule has 0 bridgehead atoms. The minimum absolute atomic E-state index is 0.0276. The molecule has 0 aliphatic carbocycles. The average molecular weight is 264 g/mol. The minimum atomic E-state index is -0.976. The highest BCUT2D eigenvalue weighted by molar-refractivity contribution is 5.94. The Bertz CT molecular complexity index is 474. The molecule has 0 fully saturated rings. The van der Waals surface area contributed by atoms with E-state index in [9.17, 15) is 9.59 Å². The van der Waals surface area contributed by atoms with Crippen molar-refractivity contribution in [2.45, 2.75) is 33.7 Å². The molecular weight excluding hydrogens is 244 g/mol. The van der Waals surface area contributed by atoms with E-state index in [1.807, 2.05) is 32.9 Å². The lowest BCUT2D eigenvalue weighted by atomic mass is 10.1. The number of carbonyl (C=O) groups excluding carboxylic acids is 1. The van der Waals surface area contributed by atoms with Crippen molar-refractivity contribution in [1.82, 2.24) is 5.32 Å². The predicted octanol–water partition coefficient (Wildman–Crippen LogP) is 1.61. The van der Waals surface area contributed by atoms with Gasteiger partial charge >= 0.3 is 5.97 Å². The van der Waals surface area contributed by atoms with Gasteiger partial charge in [0.2, 0.25) is 5.91 Å². The van der Waals surface area contributed by atoms with Gasteiger partial charge in [0.15, 0.2) is 0 Å². The van der Waals surface area contributed by atoms with Crippen molar-refractivity contribution in [2.75, 3.05) is 11.9 Å². The maximum absolute atomic E-state index is 11.8. The normalized spacial score (nSPS) is 12.0. The van der Waals surface area contributed by atoms with Gasteiger partial charge in [0.1, 0.15) is 6.04 Å². The summed E-state index contributed by atoms with van der Waals surface area (Å²) in [6.07, 6.45) is 0. The first-order valence-corrected chi connectivity index (χ1v) is 6.15. The molecule has 104 valence electrons. The summed E-state index contributed by atoms with van der Waals surface area (Å²) in [4.78, 5) is 22.4. The van der Waals surface area contributed by atoms with E-state index < -0.39 is 12.0 Å². The van der Waals surface area contributed by atoms with Crippen LogP contribution in [-0.2, 0) is 9.59 Å². The molecule has 0 radical (unpaired) electrons. The number of hydrogen-bond acceptors (Lipinski definition) is 3. The van der Waals surface area contributed by atoms with E-state index in [0.717, 1.165) is 22.4 Å². The van der Waals surface area contributed by atoms with Gasteiger partial charge in [0, 0.05) is 5.69 Å². The van der Waals surface area contributed by atoms with Crippen molar-refractivity contribution >= 4 is 17.6 Å². The van der Waals surface area contributed by atoms with Gasteiger partial charge in [-0.05, 0) is 38.8 Å². The first kappa shape index (κ1) is 15.2. The van der Waals surface area contributed by atoms with Crippen molar-refractivity contribution in [1.29, 1.82) is 0 Å². The summed E-state index contributed by atoms with van der Waals surface area (Å²) in [5, 5.41) is 14.2. The van der Waals surface area contributed by atoms with Crippen LogP contribution in [0.3, 0.4) is 0 Å². The number of aryl methyl sites for hydroxylation is 3. The number of benzene rings is 1. The van der Waals surface area contributed by atoms with Crippen LogP contribution >= 0.6 is 0 Å². The van der Waals surface area contributed by atoms with Crippen LogP contribution in [0.2, 0.25) is 0 Å². The number of anilines is 1. The third kappa shape index (κ3) is 4.37. The SMILES string of the molecule is Cc1cc(C)c(NC(=O)CNC(C)C(=O)O)c(C)c1. The molecule has 1 aromatic rings. The van der Waals surface area contributed by atoms with Gasteiger partial charge < -0.3 is 10.4 Å². The summed E-state index contributed by atoms with van der Waals surface area (Å²) in [5.41, 5.74) is 3.93. The highest BCUT2D eigenvalue weighted by atomic mass is 16.4. The molecule has 0 spiro atoms. The zero-order valence-electron chi connectivity index (χ0n) is 11.7. The predicted molar refractivity (Wildman–Crippen MR) is 74.4 cm³/mol. The topological polar surface area (TPSA) is 78.4 Å². The molecule has 1 rings (SSSR count). The van der Waals surface area contributed by atoms with Gasteiger partial charge in [-0.1, -0.05) is 17.7 Å². The third-order valence-corrected chi connectivity index (χ3v) is 2.88. The lowest BCUT2D eigenvalue weighted by Gasteiger charge is -2.14. The van der Waals surface area contributed by atoms with Crippen LogP contribution in [0.1, 0.15) is 23.6 Å². The van der Waals surface area contributed by atoms with Crippen LogP contribution < -0.4 is 10.6 Å². The van der Waals surface area contributed by atoms with E-state index in [4.69, 9.17) is 5.11 Å². The number of rotatable bonds is 5. The van der Waals surface area contributed by atoms with Crippen LogP contribution in [0.25, 0.3) is 0 Å². The fourth-order valence-corrected chi connectivity index (χ4v) is 1.89. The minimum Gasteiger partial charge on any atom is -0.480 e. The Morgan fingerprint density at radius 3 is 2.21 bits per heavy atom. The second kappa shape index (κ2) is 6.33. The number of nitrogens with one attached hydrogen (secondary N) is 2. The highest BCUT2D eigenvalue weighted by Gasteiger charge is 2.13. The van der Waals surface area contributed by atoms with Crippen LogP contribution in [0.15, 0.2) is 12.1 Å². The Kier molecular flexibility index (Phi) is 5.06. The molecule has 1 atom stereocenters. The van der Waals surface area contributed by atoms with E-state index in [0.29, 0.717) is 0 Å². The molecule has 1 aromatic carbocycles. The van der Waals surface area contributed by atoms with Crippen LogP contribution in [0, 0.1) is 20.8 Å². The highest BCUT2D eigenvalue weighted by Crippen LogP contribution is 2.21. The maximum Gasteiger partial charge on any atom is 0.320 e. The van der Waals surface area contributed by atoms with Crippen molar-refractivity contribution in [3.05, 3.63) is 28.8 Å². The van der Waals surface area contributed by atoms with Crippen LogP contribution in [0.4, 0.5) is 5.69 Å². The van der Waals surface area contributed by atoms with Gasteiger partial charge in [0.25, 0.3) is 0 Å². The molecule has 3 N–H and O–H groups in total. The van der Waals surface area contributed by atoms with E-state index >= 15 is 0 Å². The van der Waals surface area contributed by atoms with Crippen molar-refractivity contribution in [2.24, 2.45) is 0 Å². The Morgan fingerprint density at radius 2 is 1.74 bits per heavy atom. The number of carboxylic acids is 1. The second-order valence-electron chi connectivity index (χ2n) is 4.76. The van der Waals surface area contributed by atoms with Crippen LogP contribution in [0.5, 0.6) is 0 Å². The molecular formula is C14H20N2O3.